The number of nitrogens with one attached hydrogen (secondary N) is 3. The second-order valence-corrected chi connectivity index (χ2v) is 13.5. The Bertz CT molecular complexity index is 1410. The van der Waals surface area contributed by atoms with E-state index >= 15 is 4.39 Å². The van der Waals surface area contributed by atoms with Gasteiger partial charge in [0.1, 0.15) is 23.6 Å². The summed E-state index contributed by atoms with van der Waals surface area (Å²) < 4.78 is 17.2. The predicted molar refractivity (Wildman–Crippen MR) is 172 cm³/mol. The number of amides is 4. The molecule has 2 fully saturated rings. The van der Waals surface area contributed by atoms with Gasteiger partial charge in [0.05, 0.1) is 11.3 Å². The van der Waals surface area contributed by atoms with Crippen LogP contribution in [0.5, 0.6) is 0 Å². The monoisotopic (exact) mass is 640 g/mol. The molecule has 1 aliphatic heterocycles. The minimum Gasteiger partial charge on any atom is -0.390 e. The van der Waals surface area contributed by atoms with Gasteiger partial charge in [0.2, 0.25) is 17.7 Å². The molecule has 0 unspecified atom stereocenters. The molecule has 2 aromatic rings. The van der Waals surface area contributed by atoms with Crippen LogP contribution >= 0.6 is 0 Å². The van der Waals surface area contributed by atoms with Crippen LogP contribution in [0, 0.1) is 23.6 Å². The van der Waals surface area contributed by atoms with E-state index in [1.807, 2.05) is 6.92 Å². The predicted octanol–water partition coefficient (Wildman–Crippen LogP) is 3.83. The van der Waals surface area contributed by atoms with Crippen LogP contribution in [-0.4, -0.2) is 74.2 Å². The number of halogens is 1. The normalized spacial score (nSPS) is 20.7. The molecule has 46 heavy (non-hydrogen) atoms. The van der Waals surface area contributed by atoms with Gasteiger partial charge < -0.3 is 26.0 Å². The molecule has 1 saturated carbocycles. The third-order valence-electron chi connectivity index (χ3n) is 9.72. The third-order valence-corrected chi connectivity index (χ3v) is 9.72. The first kappa shape index (κ1) is 35.1. The molecule has 0 bridgehead atoms. The Morgan fingerprint density at radius 1 is 1.07 bits per heavy atom. The Morgan fingerprint density at radius 3 is 2.33 bits per heavy atom. The number of likely N-dealkylation sites (tertiary alicyclic amines) is 1. The molecular weight excluding hydrogens is 591 g/mol. The molecule has 1 aromatic carbocycles. The highest BCUT2D eigenvalue weighted by atomic mass is 19.1. The van der Waals surface area contributed by atoms with E-state index in [2.05, 4.69) is 28.0 Å². The van der Waals surface area contributed by atoms with Crippen molar-refractivity contribution in [2.75, 3.05) is 18.4 Å². The van der Waals surface area contributed by atoms with Gasteiger partial charge in [-0.25, -0.2) is 4.39 Å². The average molecular weight is 641 g/mol. The maximum Gasteiger partial charge on any atom is 0.270 e. The van der Waals surface area contributed by atoms with E-state index in [4.69, 9.17) is 0 Å². The molecule has 0 radical (unpaired) electrons. The van der Waals surface area contributed by atoms with E-state index in [0.717, 1.165) is 25.7 Å². The van der Waals surface area contributed by atoms with Gasteiger partial charge in [-0.15, -0.1) is 0 Å². The smallest absolute Gasteiger partial charge is 0.270 e. The molecule has 4 rings (SSSR count). The van der Waals surface area contributed by atoms with E-state index in [0.29, 0.717) is 36.8 Å². The first-order chi connectivity index (χ1) is 21.7. The van der Waals surface area contributed by atoms with Crippen molar-refractivity contribution >= 4 is 29.3 Å². The van der Waals surface area contributed by atoms with Gasteiger partial charge in [-0.05, 0) is 69.2 Å². The van der Waals surface area contributed by atoms with Gasteiger partial charge in [0.15, 0.2) is 0 Å². The van der Waals surface area contributed by atoms with Crippen LogP contribution in [0.2, 0.25) is 0 Å². The average Bonchev–Trinajstić information content (AvgIpc) is 3.47. The van der Waals surface area contributed by atoms with Gasteiger partial charge in [0, 0.05) is 44.1 Å². The number of aliphatic hydroxyl groups is 1. The van der Waals surface area contributed by atoms with Crippen molar-refractivity contribution in [3.05, 3.63) is 47.5 Å². The van der Waals surface area contributed by atoms with Gasteiger partial charge in [-0.1, -0.05) is 39.7 Å². The Hall–Kier alpha value is -3.80. The first-order valence-corrected chi connectivity index (χ1v) is 16.5. The number of benzene rings is 1. The van der Waals surface area contributed by atoms with Gasteiger partial charge in [-0.3, -0.25) is 23.9 Å². The van der Waals surface area contributed by atoms with E-state index in [-0.39, 0.29) is 35.8 Å². The Balaban J connectivity index is 1.50. The van der Waals surface area contributed by atoms with Crippen LogP contribution in [0.1, 0.15) is 95.6 Å². The molecule has 4 N–H and O–H groups in total. The summed E-state index contributed by atoms with van der Waals surface area (Å²) in [7, 11) is 0. The van der Waals surface area contributed by atoms with Crippen molar-refractivity contribution in [1.82, 2.24) is 25.3 Å². The standard InChI is InChI=1S/C34H49FN6O5/c1-7-28(42)38-29(33(45)40-18-24(19-40)34(5,6)46)21(4)23-13-14-26(25(35)17-23)37-32(44)30(22-11-9-20(3)10-12-22)39-31(43)27-15-16-36-41(27)8-2/h13-17,20-22,24,29-30,46H,7-12,18-19H2,1-6H3,(H,37,44)(H,38,42)(H,39,43)/t20?,21-,22?,29+,30-/m0/s1. The topological polar surface area (TPSA) is 146 Å². The van der Waals surface area contributed by atoms with E-state index in [9.17, 15) is 24.3 Å². The number of aromatic nitrogens is 2. The van der Waals surface area contributed by atoms with Crippen molar-refractivity contribution in [1.29, 1.82) is 0 Å². The lowest BCUT2D eigenvalue weighted by Gasteiger charge is -2.46. The SMILES string of the molecule is CCC(=O)N[C@@H](C(=O)N1CC(C(C)(C)O)C1)[C@@H](C)c1ccc(NC(=O)[C@@H](NC(=O)c2ccnn2CC)C2CCC(C)CC2)c(F)c1. The highest BCUT2D eigenvalue weighted by molar-refractivity contribution is 6.00. The zero-order valence-corrected chi connectivity index (χ0v) is 27.8. The number of nitrogens with zero attached hydrogens (tertiary/aromatic N) is 3. The lowest BCUT2D eigenvalue weighted by atomic mass is 9.79. The number of rotatable bonds is 12. The highest BCUT2D eigenvalue weighted by Crippen LogP contribution is 2.33. The first-order valence-electron chi connectivity index (χ1n) is 16.5. The minimum absolute atomic E-state index is 0.0424. The lowest BCUT2D eigenvalue weighted by Crippen LogP contribution is -2.62. The second-order valence-electron chi connectivity index (χ2n) is 13.5. The summed E-state index contributed by atoms with van der Waals surface area (Å²) in [4.78, 5) is 54.3. The molecule has 1 saturated heterocycles. The number of aryl methyl sites for hydroxylation is 1. The van der Waals surface area contributed by atoms with Crippen molar-refractivity contribution in [3.8, 4) is 0 Å². The molecule has 252 valence electrons. The van der Waals surface area contributed by atoms with Gasteiger partial charge >= 0.3 is 0 Å². The molecule has 2 aliphatic rings. The fraction of sp³-hybridized carbons (Fsp3) is 0.618. The van der Waals surface area contributed by atoms with Crippen LogP contribution in [-0.2, 0) is 20.9 Å². The number of anilines is 1. The fourth-order valence-corrected chi connectivity index (χ4v) is 6.31. The molecule has 12 heteroatoms. The van der Waals surface area contributed by atoms with Crippen LogP contribution in [0.25, 0.3) is 0 Å². The van der Waals surface area contributed by atoms with Crippen molar-refractivity contribution in [2.45, 2.75) is 104 Å². The molecule has 0 spiro atoms. The second kappa shape index (κ2) is 14.7. The molecule has 4 amide bonds. The highest BCUT2D eigenvalue weighted by Gasteiger charge is 2.43. The summed E-state index contributed by atoms with van der Waals surface area (Å²) in [5.74, 6) is -2.43. The van der Waals surface area contributed by atoms with Crippen LogP contribution in [0.3, 0.4) is 0 Å². The van der Waals surface area contributed by atoms with Crippen molar-refractivity contribution < 1.29 is 28.7 Å². The number of carbonyl (C=O) groups is 4. The summed E-state index contributed by atoms with van der Waals surface area (Å²) in [6.07, 6.45) is 5.11. The van der Waals surface area contributed by atoms with Gasteiger partial charge in [-0.2, -0.15) is 5.10 Å². The van der Waals surface area contributed by atoms with E-state index < -0.39 is 41.2 Å². The maximum atomic E-state index is 15.6. The van der Waals surface area contributed by atoms with Crippen LogP contribution in [0.15, 0.2) is 30.5 Å². The molecule has 1 aromatic heterocycles. The Morgan fingerprint density at radius 2 is 1.74 bits per heavy atom. The summed E-state index contributed by atoms with van der Waals surface area (Å²) in [5, 5.41) is 22.8. The Labute approximate surface area is 270 Å². The van der Waals surface area contributed by atoms with Crippen LogP contribution < -0.4 is 16.0 Å². The largest absolute Gasteiger partial charge is 0.390 e. The number of hydrogen-bond acceptors (Lipinski definition) is 6. The molecule has 2 heterocycles. The Kier molecular flexibility index (Phi) is 11.2. The molecular formula is C34H49FN6O5. The lowest BCUT2D eigenvalue weighted by molar-refractivity contribution is -0.149. The molecule has 3 atom stereocenters. The number of hydrogen-bond donors (Lipinski definition) is 4. The summed E-state index contributed by atoms with van der Waals surface area (Å²) in [5.41, 5.74) is -0.145. The van der Waals surface area contributed by atoms with Crippen molar-refractivity contribution in [3.63, 3.8) is 0 Å². The van der Waals surface area contributed by atoms with Crippen molar-refractivity contribution in [2.24, 2.45) is 17.8 Å². The summed E-state index contributed by atoms with van der Waals surface area (Å²) >= 11 is 0. The van der Waals surface area contributed by atoms with E-state index in [1.54, 1.807) is 49.4 Å². The molecule has 11 nitrogen and oxygen atoms in total. The summed E-state index contributed by atoms with van der Waals surface area (Å²) in [6, 6.07) is 4.15. The summed E-state index contributed by atoms with van der Waals surface area (Å²) in [6.45, 7) is 12.1. The minimum atomic E-state index is -0.931. The quantitative estimate of drug-likeness (QED) is 0.278. The van der Waals surface area contributed by atoms with E-state index in [1.165, 1.54) is 18.3 Å². The third kappa shape index (κ3) is 8.12. The van der Waals surface area contributed by atoms with Crippen LogP contribution in [0.4, 0.5) is 10.1 Å². The van der Waals surface area contributed by atoms with Gasteiger partial charge in [0.25, 0.3) is 5.91 Å². The fourth-order valence-electron chi connectivity index (χ4n) is 6.31. The zero-order chi connectivity index (χ0) is 33.8. The number of carbonyl (C=O) groups excluding carboxylic acids is 4. The molecule has 1 aliphatic carbocycles. The zero-order valence-electron chi connectivity index (χ0n) is 27.8. The maximum absolute atomic E-state index is 15.6.